The predicted octanol–water partition coefficient (Wildman–Crippen LogP) is 2.79. The van der Waals surface area contributed by atoms with Crippen LogP contribution in [0.5, 0.6) is 0 Å². The molecule has 0 aromatic carbocycles. The Labute approximate surface area is 125 Å². The summed E-state index contributed by atoms with van der Waals surface area (Å²) in [6.07, 6.45) is 7.10. The predicted molar refractivity (Wildman–Crippen MR) is 83.6 cm³/mol. The zero-order valence-electron chi connectivity index (χ0n) is 12.5. The number of fused-ring (bicyclic) bond motifs is 1. The minimum atomic E-state index is 0.235. The summed E-state index contributed by atoms with van der Waals surface area (Å²) in [7, 11) is 4.14. The Morgan fingerprint density at radius 3 is 2.70 bits per heavy atom. The zero-order chi connectivity index (χ0) is 14.1. The molecule has 1 saturated heterocycles. The van der Waals surface area contributed by atoms with E-state index in [-0.39, 0.29) is 5.91 Å². The van der Waals surface area contributed by atoms with Crippen LogP contribution in [0.1, 0.15) is 45.8 Å². The molecule has 3 nitrogen and oxygen atoms in total. The number of amides is 1. The van der Waals surface area contributed by atoms with E-state index in [0.717, 1.165) is 37.2 Å². The van der Waals surface area contributed by atoms with Gasteiger partial charge in [-0.05, 0) is 70.3 Å². The second kappa shape index (κ2) is 5.86. The number of hydrogen-bond donors (Lipinski definition) is 0. The average Bonchev–Trinajstić information content (AvgIpc) is 2.90. The number of carbonyl (C=O) groups is 1. The smallest absolute Gasteiger partial charge is 0.263 e. The maximum atomic E-state index is 12.7. The van der Waals surface area contributed by atoms with Crippen molar-refractivity contribution in [2.45, 2.75) is 44.6 Å². The Bertz CT molecular complexity index is 465. The van der Waals surface area contributed by atoms with Crippen LogP contribution < -0.4 is 0 Å². The first kappa shape index (κ1) is 14.1. The van der Waals surface area contributed by atoms with E-state index in [9.17, 15) is 4.79 Å². The molecule has 4 heteroatoms. The Morgan fingerprint density at radius 1 is 1.30 bits per heavy atom. The van der Waals surface area contributed by atoms with Crippen LogP contribution in [0.4, 0.5) is 0 Å². The van der Waals surface area contributed by atoms with E-state index < -0.39 is 0 Å². The quantitative estimate of drug-likeness (QED) is 0.837. The highest BCUT2D eigenvalue weighted by Crippen LogP contribution is 2.31. The number of thiophene rings is 1. The monoisotopic (exact) mass is 292 g/mol. The molecule has 1 aliphatic carbocycles. The second-order valence-corrected chi connectivity index (χ2v) is 7.35. The van der Waals surface area contributed by atoms with Crippen molar-refractivity contribution in [3.8, 4) is 0 Å². The van der Waals surface area contributed by atoms with E-state index >= 15 is 0 Å². The van der Waals surface area contributed by atoms with Crippen LogP contribution in [0, 0.1) is 0 Å². The van der Waals surface area contributed by atoms with Gasteiger partial charge in [0.1, 0.15) is 0 Å². The fourth-order valence-electron chi connectivity index (χ4n) is 3.32. The van der Waals surface area contributed by atoms with E-state index in [2.05, 4.69) is 18.0 Å². The van der Waals surface area contributed by atoms with E-state index in [0.29, 0.717) is 6.04 Å². The largest absolute Gasteiger partial charge is 0.338 e. The van der Waals surface area contributed by atoms with Gasteiger partial charge in [-0.15, -0.1) is 11.3 Å². The Balaban J connectivity index is 1.70. The molecule has 0 N–H and O–H groups in total. The molecule has 1 aliphatic heterocycles. The zero-order valence-corrected chi connectivity index (χ0v) is 13.3. The van der Waals surface area contributed by atoms with Gasteiger partial charge >= 0.3 is 0 Å². The van der Waals surface area contributed by atoms with Crippen molar-refractivity contribution >= 4 is 17.2 Å². The number of hydrogen-bond acceptors (Lipinski definition) is 3. The van der Waals surface area contributed by atoms with Crippen molar-refractivity contribution in [2.75, 3.05) is 27.2 Å². The SMILES string of the molecule is CN1CCC(N(C)C(=O)c2cc3c(s2)CCCC3)CC1. The Morgan fingerprint density at radius 2 is 2.00 bits per heavy atom. The van der Waals surface area contributed by atoms with E-state index in [1.54, 1.807) is 11.3 Å². The summed E-state index contributed by atoms with van der Waals surface area (Å²) in [6, 6.07) is 2.57. The van der Waals surface area contributed by atoms with Crippen LogP contribution >= 0.6 is 11.3 Å². The van der Waals surface area contributed by atoms with E-state index in [1.165, 1.54) is 29.7 Å². The number of nitrogens with zero attached hydrogens (tertiary/aromatic N) is 2. The lowest BCUT2D eigenvalue weighted by Gasteiger charge is -2.34. The minimum absolute atomic E-state index is 0.235. The van der Waals surface area contributed by atoms with Gasteiger partial charge in [-0.3, -0.25) is 4.79 Å². The fraction of sp³-hybridized carbons (Fsp3) is 0.688. The summed E-state index contributed by atoms with van der Waals surface area (Å²) in [5.74, 6) is 0.235. The van der Waals surface area contributed by atoms with Gasteiger partial charge in [0.25, 0.3) is 5.91 Å². The molecule has 0 saturated carbocycles. The topological polar surface area (TPSA) is 23.6 Å². The molecular weight excluding hydrogens is 268 g/mol. The molecule has 0 atom stereocenters. The highest BCUT2D eigenvalue weighted by atomic mass is 32.1. The van der Waals surface area contributed by atoms with Crippen molar-refractivity contribution < 1.29 is 4.79 Å². The van der Waals surface area contributed by atoms with E-state index in [4.69, 9.17) is 0 Å². The van der Waals surface area contributed by atoms with Crippen molar-refractivity contribution in [3.63, 3.8) is 0 Å². The molecule has 1 aromatic heterocycles. The van der Waals surface area contributed by atoms with Crippen LogP contribution in [0.2, 0.25) is 0 Å². The summed E-state index contributed by atoms with van der Waals surface area (Å²) in [4.78, 5) is 19.4. The molecule has 0 unspecified atom stereocenters. The number of piperidine rings is 1. The first-order chi connectivity index (χ1) is 9.65. The summed E-state index contributed by atoms with van der Waals surface area (Å²) in [5, 5.41) is 0. The van der Waals surface area contributed by atoms with E-state index in [1.807, 2.05) is 11.9 Å². The molecule has 3 rings (SSSR count). The third kappa shape index (κ3) is 2.77. The van der Waals surface area contributed by atoms with Crippen LogP contribution in [0.3, 0.4) is 0 Å². The summed E-state index contributed by atoms with van der Waals surface area (Å²) < 4.78 is 0. The number of carbonyl (C=O) groups excluding carboxylic acids is 1. The van der Waals surface area contributed by atoms with Crippen LogP contribution in [-0.2, 0) is 12.8 Å². The normalized spacial score (nSPS) is 20.7. The maximum Gasteiger partial charge on any atom is 0.263 e. The lowest BCUT2D eigenvalue weighted by atomic mass is 9.99. The number of rotatable bonds is 2. The fourth-order valence-corrected chi connectivity index (χ4v) is 4.55. The van der Waals surface area contributed by atoms with Crippen molar-refractivity contribution in [2.24, 2.45) is 0 Å². The van der Waals surface area contributed by atoms with Crippen LogP contribution in [-0.4, -0.2) is 48.9 Å². The van der Waals surface area contributed by atoms with Crippen molar-refractivity contribution in [1.82, 2.24) is 9.80 Å². The lowest BCUT2D eigenvalue weighted by molar-refractivity contribution is 0.0664. The molecule has 0 bridgehead atoms. The molecule has 1 fully saturated rings. The second-order valence-electron chi connectivity index (χ2n) is 6.22. The molecule has 2 aliphatic rings. The molecule has 0 spiro atoms. The van der Waals surface area contributed by atoms with Gasteiger partial charge in [0, 0.05) is 18.0 Å². The van der Waals surface area contributed by atoms with Gasteiger partial charge < -0.3 is 9.80 Å². The van der Waals surface area contributed by atoms with Gasteiger partial charge in [-0.1, -0.05) is 0 Å². The molecular formula is C16H24N2OS. The summed E-state index contributed by atoms with van der Waals surface area (Å²) in [6.45, 7) is 2.20. The summed E-state index contributed by atoms with van der Waals surface area (Å²) in [5.41, 5.74) is 1.43. The third-order valence-corrected chi connectivity index (χ3v) is 5.99. The highest BCUT2D eigenvalue weighted by Gasteiger charge is 2.26. The van der Waals surface area contributed by atoms with Crippen LogP contribution in [0.15, 0.2) is 6.07 Å². The Hall–Kier alpha value is -0.870. The molecule has 20 heavy (non-hydrogen) atoms. The first-order valence-electron chi connectivity index (χ1n) is 7.72. The molecule has 2 heterocycles. The van der Waals surface area contributed by atoms with Crippen molar-refractivity contribution in [1.29, 1.82) is 0 Å². The lowest BCUT2D eigenvalue weighted by Crippen LogP contribution is -2.44. The number of likely N-dealkylation sites (tertiary alicyclic amines) is 1. The third-order valence-electron chi connectivity index (χ3n) is 4.76. The van der Waals surface area contributed by atoms with Gasteiger partial charge in [0.05, 0.1) is 4.88 Å². The summed E-state index contributed by atoms with van der Waals surface area (Å²) >= 11 is 1.73. The Kier molecular flexibility index (Phi) is 4.13. The molecule has 1 aromatic rings. The maximum absolute atomic E-state index is 12.7. The minimum Gasteiger partial charge on any atom is -0.338 e. The first-order valence-corrected chi connectivity index (χ1v) is 8.54. The van der Waals surface area contributed by atoms with Crippen LogP contribution in [0.25, 0.3) is 0 Å². The number of aryl methyl sites for hydroxylation is 2. The van der Waals surface area contributed by atoms with Gasteiger partial charge in [-0.2, -0.15) is 0 Å². The average molecular weight is 292 g/mol. The van der Waals surface area contributed by atoms with Gasteiger partial charge in [-0.25, -0.2) is 0 Å². The van der Waals surface area contributed by atoms with Gasteiger partial charge in [0.15, 0.2) is 0 Å². The molecule has 1 amide bonds. The highest BCUT2D eigenvalue weighted by molar-refractivity contribution is 7.14. The molecule has 0 radical (unpaired) electrons. The standard InChI is InChI=1S/C16H24N2OS/c1-17-9-7-13(8-10-17)18(2)16(19)15-11-12-5-3-4-6-14(12)20-15/h11,13H,3-10H2,1-2H3. The van der Waals surface area contributed by atoms with Gasteiger partial charge in [0.2, 0.25) is 0 Å². The molecule has 110 valence electrons. The van der Waals surface area contributed by atoms with Crippen molar-refractivity contribution in [3.05, 3.63) is 21.4 Å².